The van der Waals surface area contributed by atoms with E-state index in [1.54, 1.807) is 6.07 Å². The van der Waals surface area contributed by atoms with Gasteiger partial charge in [0.1, 0.15) is 11.6 Å². The maximum atomic E-state index is 13.1. The summed E-state index contributed by atoms with van der Waals surface area (Å²) in [5.74, 6) is 0.387. The maximum absolute atomic E-state index is 13.1. The zero-order valence-electron chi connectivity index (χ0n) is 11.2. The van der Waals surface area contributed by atoms with E-state index in [-0.39, 0.29) is 5.02 Å². The third-order valence-corrected chi connectivity index (χ3v) is 4.07. The molecule has 0 spiro atoms. The van der Waals surface area contributed by atoms with Crippen molar-refractivity contribution in [1.29, 1.82) is 0 Å². The lowest BCUT2D eigenvalue weighted by molar-refractivity contribution is 0.341. The Balaban J connectivity index is 1.88. The quantitative estimate of drug-likeness (QED) is 0.714. The molecule has 0 saturated carbocycles. The van der Waals surface area contributed by atoms with Crippen LogP contribution in [0.2, 0.25) is 5.02 Å². The van der Waals surface area contributed by atoms with Crippen molar-refractivity contribution in [2.75, 3.05) is 11.9 Å². The van der Waals surface area contributed by atoms with E-state index < -0.39 is 5.82 Å². The first-order valence-electron chi connectivity index (χ1n) is 6.41. The highest BCUT2D eigenvalue weighted by molar-refractivity contribution is 7.22. The Hall–Kier alpha value is -1.85. The number of halogens is 2. The van der Waals surface area contributed by atoms with Crippen molar-refractivity contribution < 1.29 is 9.13 Å². The third-order valence-electron chi connectivity index (χ3n) is 2.84. The summed E-state index contributed by atoms with van der Waals surface area (Å²) < 4.78 is 19.6. The lowest BCUT2D eigenvalue weighted by atomic mass is 10.3. The minimum Gasteiger partial charge on any atom is -0.494 e. The first kappa shape index (κ1) is 14.1. The molecule has 1 aromatic heterocycles. The molecule has 108 valence electrons. The molecule has 3 nitrogen and oxygen atoms in total. The molecular formula is C15H12ClFN2OS. The summed E-state index contributed by atoms with van der Waals surface area (Å²) in [4.78, 5) is 4.48. The fourth-order valence-corrected chi connectivity index (χ4v) is 3.01. The first-order valence-corrected chi connectivity index (χ1v) is 7.60. The Morgan fingerprint density at radius 2 is 2.14 bits per heavy atom. The topological polar surface area (TPSA) is 34.1 Å². The van der Waals surface area contributed by atoms with Gasteiger partial charge in [0.2, 0.25) is 0 Å². The van der Waals surface area contributed by atoms with Crippen LogP contribution in [0, 0.1) is 5.82 Å². The van der Waals surface area contributed by atoms with Gasteiger partial charge in [-0.3, -0.25) is 0 Å². The van der Waals surface area contributed by atoms with Gasteiger partial charge < -0.3 is 10.1 Å². The van der Waals surface area contributed by atoms with Crippen LogP contribution in [0.4, 0.5) is 15.2 Å². The normalized spacial score (nSPS) is 10.8. The van der Waals surface area contributed by atoms with Crippen LogP contribution in [0.3, 0.4) is 0 Å². The van der Waals surface area contributed by atoms with Crippen molar-refractivity contribution in [3.05, 3.63) is 47.2 Å². The van der Waals surface area contributed by atoms with E-state index in [9.17, 15) is 4.39 Å². The molecule has 6 heteroatoms. The number of thiazole rings is 1. The van der Waals surface area contributed by atoms with E-state index in [4.69, 9.17) is 16.3 Å². The highest BCUT2D eigenvalue weighted by Crippen LogP contribution is 2.31. The Morgan fingerprint density at radius 3 is 2.90 bits per heavy atom. The van der Waals surface area contributed by atoms with Crippen LogP contribution in [-0.2, 0) is 0 Å². The summed E-state index contributed by atoms with van der Waals surface area (Å²) in [7, 11) is 0. The molecule has 0 fully saturated rings. The fourth-order valence-electron chi connectivity index (χ4n) is 1.91. The number of anilines is 2. The van der Waals surface area contributed by atoms with E-state index >= 15 is 0 Å². The number of ether oxygens (including phenoxy) is 1. The van der Waals surface area contributed by atoms with E-state index in [1.165, 1.54) is 23.5 Å². The second kappa shape index (κ2) is 5.87. The lowest BCUT2D eigenvalue weighted by Crippen LogP contribution is -1.90. The summed E-state index contributed by atoms with van der Waals surface area (Å²) in [6, 6.07) is 10.3. The van der Waals surface area contributed by atoms with Gasteiger partial charge in [-0.1, -0.05) is 22.9 Å². The van der Waals surface area contributed by atoms with E-state index in [2.05, 4.69) is 10.3 Å². The van der Waals surface area contributed by atoms with Crippen LogP contribution in [0.25, 0.3) is 10.2 Å². The molecule has 0 radical (unpaired) electrons. The van der Waals surface area contributed by atoms with Crippen LogP contribution >= 0.6 is 22.9 Å². The second-order valence-corrected chi connectivity index (χ2v) is 5.77. The third kappa shape index (κ3) is 3.09. The van der Waals surface area contributed by atoms with Gasteiger partial charge in [-0.2, -0.15) is 0 Å². The van der Waals surface area contributed by atoms with Gasteiger partial charge in [0.05, 0.1) is 21.8 Å². The van der Waals surface area contributed by atoms with Crippen molar-refractivity contribution in [1.82, 2.24) is 4.98 Å². The molecule has 1 heterocycles. The number of hydrogen-bond acceptors (Lipinski definition) is 4. The Bertz CT molecular complexity index is 790. The molecule has 0 atom stereocenters. The molecule has 0 aliphatic heterocycles. The predicted molar refractivity (Wildman–Crippen MR) is 85.5 cm³/mol. The lowest BCUT2D eigenvalue weighted by Gasteiger charge is -2.02. The maximum Gasteiger partial charge on any atom is 0.188 e. The Kier molecular flexibility index (Phi) is 3.94. The molecule has 2 aromatic carbocycles. The smallest absolute Gasteiger partial charge is 0.188 e. The first-order chi connectivity index (χ1) is 10.2. The highest BCUT2D eigenvalue weighted by atomic mass is 35.5. The van der Waals surface area contributed by atoms with Gasteiger partial charge in [-0.15, -0.1) is 0 Å². The molecule has 0 unspecified atom stereocenters. The Morgan fingerprint density at radius 1 is 1.29 bits per heavy atom. The minimum atomic E-state index is -0.437. The summed E-state index contributed by atoms with van der Waals surface area (Å²) in [5, 5.41) is 3.93. The number of benzene rings is 2. The fraction of sp³-hybridized carbons (Fsp3) is 0.133. The van der Waals surface area contributed by atoms with Gasteiger partial charge in [0, 0.05) is 5.69 Å². The molecule has 0 aliphatic rings. The molecule has 0 aliphatic carbocycles. The van der Waals surface area contributed by atoms with Crippen LogP contribution < -0.4 is 10.1 Å². The van der Waals surface area contributed by atoms with Gasteiger partial charge in [0.25, 0.3) is 0 Å². The number of rotatable bonds is 4. The Labute approximate surface area is 130 Å². The SMILES string of the molecule is CCOc1ccc2nc(Nc3ccc(F)c(Cl)c3)sc2c1. The molecule has 0 saturated heterocycles. The second-order valence-electron chi connectivity index (χ2n) is 4.34. The largest absolute Gasteiger partial charge is 0.494 e. The van der Waals surface area contributed by atoms with E-state index in [1.807, 2.05) is 25.1 Å². The van der Waals surface area contributed by atoms with E-state index in [0.29, 0.717) is 12.3 Å². The number of hydrogen-bond donors (Lipinski definition) is 1. The molecule has 0 amide bonds. The van der Waals surface area contributed by atoms with Gasteiger partial charge in [-0.25, -0.2) is 9.37 Å². The predicted octanol–water partition coefficient (Wildman–Crippen LogP) is 5.23. The minimum absolute atomic E-state index is 0.0831. The number of aromatic nitrogens is 1. The van der Waals surface area contributed by atoms with Gasteiger partial charge in [0.15, 0.2) is 5.13 Å². The van der Waals surface area contributed by atoms with Crippen LogP contribution in [0.15, 0.2) is 36.4 Å². The van der Waals surface area contributed by atoms with Crippen molar-refractivity contribution >= 4 is 44.0 Å². The number of fused-ring (bicyclic) bond motifs is 1. The molecule has 0 bridgehead atoms. The summed E-state index contributed by atoms with van der Waals surface area (Å²) in [6.45, 7) is 2.58. The van der Waals surface area contributed by atoms with Crippen LogP contribution in [0.5, 0.6) is 5.75 Å². The van der Waals surface area contributed by atoms with Gasteiger partial charge >= 0.3 is 0 Å². The summed E-state index contributed by atoms with van der Waals surface area (Å²) >= 11 is 7.27. The van der Waals surface area contributed by atoms with Crippen LogP contribution in [0.1, 0.15) is 6.92 Å². The highest BCUT2D eigenvalue weighted by Gasteiger charge is 2.07. The summed E-state index contributed by atoms with van der Waals surface area (Å²) in [6.07, 6.45) is 0. The van der Waals surface area contributed by atoms with Crippen LogP contribution in [-0.4, -0.2) is 11.6 Å². The average Bonchev–Trinajstić information content (AvgIpc) is 2.85. The number of nitrogens with one attached hydrogen (secondary N) is 1. The van der Waals surface area contributed by atoms with Crippen molar-refractivity contribution in [2.24, 2.45) is 0 Å². The zero-order valence-corrected chi connectivity index (χ0v) is 12.8. The standard InChI is InChI=1S/C15H12ClFN2OS/c1-2-20-10-4-6-13-14(8-10)21-15(19-13)18-9-3-5-12(17)11(16)7-9/h3-8H,2H2,1H3,(H,18,19). The molecule has 3 rings (SSSR count). The average molecular weight is 323 g/mol. The van der Waals surface area contributed by atoms with Gasteiger partial charge in [-0.05, 0) is 43.3 Å². The summed E-state index contributed by atoms with van der Waals surface area (Å²) in [5.41, 5.74) is 1.59. The molecular weight excluding hydrogens is 311 g/mol. The van der Waals surface area contributed by atoms with Crippen molar-refractivity contribution in [2.45, 2.75) is 6.92 Å². The van der Waals surface area contributed by atoms with Crippen molar-refractivity contribution in [3.8, 4) is 5.75 Å². The zero-order chi connectivity index (χ0) is 14.8. The van der Waals surface area contributed by atoms with E-state index in [0.717, 1.165) is 21.1 Å². The monoisotopic (exact) mass is 322 g/mol. The molecule has 1 N–H and O–H groups in total. The number of nitrogens with zero attached hydrogens (tertiary/aromatic N) is 1. The molecule has 3 aromatic rings. The molecule has 21 heavy (non-hydrogen) atoms. The van der Waals surface area contributed by atoms with Crippen molar-refractivity contribution in [3.63, 3.8) is 0 Å².